The number of aromatic nitrogens is 2. The summed E-state index contributed by atoms with van der Waals surface area (Å²) in [5, 5.41) is 8.37. The Labute approximate surface area is 121 Å². The number of hydrogen-bond acceptors (Lipinski definition) is 2. The first-order chi connectivity index (χ1) is 9.76. The molecule has 0 saturated heterocycles. The Morgan fingerprint density at radius 2 is 2.00 bits per heavy atom. The monoisotopic (exact) mass is 269 g/mol. The molecule has 20 heavy (non-hydrogen) atoms. The molecule has 1 saturated carbocycles. The lowest BCUT2D eigenvalue weighted by Gasteiger charge is -2.27. The Kier molecular flexibility index (Phi) is 3.62. The Morgan fingerprint density at radius 1 is 1.25 bits per heavy atom. The molecule has 1 N–H and O–H groups in total. The number of aryl methyl sites for hydroxylation is 1. The van der Waals surface area contributed by atoms with Gasteiger partial charge in [-0.05, 0) is 37.4 Å². The van der Waals surface area contributed by atoms with E-state index in [9.17, 15) is 0 Å². The molecule has 1 aromatic heterocycles. The summed E-state index contributed by atoms with van der Waals surface area (Å²) in [6, 6.07) is 13.4. The molecule has 0 bridgehead atoms. The molecule has 3 rings (SSSR count). The Bertz CT molecular complexity index is 555. The maximum atomic E-state index is 4.65. The molecule has 0 spiro atoms. The van der Waals surface area contributed by atoms with Crippen LogP contribution in [0, 0.1) is 0 Å². The average Bonchev–Trinajstić information content (AvgIpc) is 3.17. The number of rotatable bonds is 6. The van der Waals surface area contributed by atoms with Crippen molar-refractivity contribution < 1.29 is 0 Å². The fourth-order valence-electron chi connectivity index (χ4n) is 3.11. The van der Waals surface area contributed by atoms with Gasteiger partial charge in [0.2, 0.25) is 0 Å². The van der Waals surface area contributed by atoms with Gasteiger partial charge in [0.15, 0.2) is 0 Å². The predicted molar refractivity (Wildman–Crippen MR) is 81.6 cm³/mol. The van der Waals surface area contributed by atoms with Crippen molar-refractivity contribution in [2.75, 3.05) is 6.54 Å². The second-order valence-corrected chi connectivity index (χ2v) is 5.82. The Hall–Kier alpha value is -1.61. The summed E-state index contributed by atoms with van der Waals surface area (Å²) >= 11 is 0. The zero-order valence-corrected chi connectivity index (χ0v) is 12.3. The van der Waals surface area contributed by atoms with Crippen LogP contribution in [0.25, 0.3) is 0 Å². The van der Waals surface area contributed by atoms with Crippen LogP contribution in [0.2, 0.25) is 0 Å². The van der Waals surface area contributed by atoms with Crippen molar-refractivity contribution in [2.24, 2.45) is 7.05 Å². The minimum atomic E-state index is 0.241. The van der Waals surface area contributed by atoms with Gasteiger partial charge in [-0.3, -0.25) is 4.68 Å². The van der Waals surface area contributed by atoms with Gasteiger partial charge in [0, 0.05) is 18.7 Å². The minimum Gasteiger partial charge on any atom is -0.308 e. The molecule has 1 aromatic carbocycles. The predicted octanol–water partition coefficient (Wildman–Crippen LogP) is 3.19. The molecule has 3 heteroatoms. The highest BCUT2D eigenvalue weighted by Crippen LogP contribution is 2.56. The molecule has 0 aliphatic heterocycles. The summed E-state index contributed by atoms with van der Waals surface area (Å²) in [5.74, 6) is 0. The van der Waals surface area contributed by atoms with Crippen molar-refractivity contribution >= 4 is 0 Å². The van der Waals surface area contributed by atoms with Gasteiger partial charge in [0.05, 0.1) is 11.7 Å². The van der Waals surface area contributed by atoms with E-state index in [4.69, 9.17) is 0 Å². The summed E-state index contributed by atoms with van der Waals surface area (Å²) in [4.78, 5) is 0. The lowest BCUT2D eigenvalue weighted by Crippen LogP contribution is -2.33. The van der Waals surface area contributed by atoms with Crippen LogP contribution >= 0.6 is 0 Å². The van der Waals surface area contributed by atoms with Crippen molar-refractivity contribution in [1.82, 2.24) is 15.1 Å². The van der Waals surface area contributed by atoms with Crippen molar-refractivity contribution in [3.63, 3.8) is 0 Å². The summed E-state index contributed by atoms with van der Waals surface area (Å²) in [7, 11) is 1.99. The molecular formula is C17H23N3. The lowest BCUT2D eigenvalue weighted by atomic mass is 9.86. The maximum Gasteiger partial charge on any atom is 0.0802 e. The number of nitrogens with zero attached hydrogens (tertiary/aromatic N) is 2. The molecule has 0 amide bonds. The highest BCUT2D eigenvalue weighted by molar-refractivity contribution is 5.36. The normalized spacial score (nSPS) is 17.9. The maximum absolute atomic E-state index is 4.65. The largest absolute Gasteiger partial charge is 0.308 e. The fourth-order valence-corrected chi connectivity index (χ4v) is 3.11. The van der Waals surface area contributed by atoms with Crippen LogP contribution in [-0.2, 0) is 12.5 Å². The van der Waals surface area contributed by atoms with Crippen LogP contribution in [0.5, 0.6) is 0 Å². The van der Waals surface area contributed by atoms with Crippen LogP contribution in [0.3, 0.4) is 0 Å². The molecule has 3 nitrogen and oxygen atoms in total. The molecule has 1 fully saturated rings. The topological polar surface area (TPSA) is 29.9 Å². The first-order valence-electron chi connectivity index (χ1n) is 7.55. The van der Waals surface area contributed by atoms with E-state index in [2.05, 4.69) is 53.7 Å². The zero-order valence-electron chi connectivity index (χ0n) is 12.3. The van der Waals surface area contributed by atoms with E-state index in [0.717, 1.165) is 13.0 Å². The van der Waals surface area contributed by atoms with E-state index in [1.807, 2.05) is 17.9 Å². The molecule has 106 valence electrons. The highest BCUT2D eigenvalue weighted by Gasteiger charge is 2.51. The van der Waals surface area contributed by atoms with Crippen LogP contribution in [0.4, 0.5) is 0 Å². The molecule has 0 radical (unpaired) electrons. The second-order valence-electron chi connectivity index (χ2n) is 5.82. The van der Waals surface area contributed by atoms with Gasteiger partial charge in [0.1, 0.15) is 0 Å². The van der Waals surface area contributed by atoms with Gasteiger partial charge in [-0.2, -0.15) is 5.10 Å². The van der Waals surface area contributed by atoms with Crippen LogP contribution in [0.15, 0.2) is 42.6 Å². The number of hydrogen-bond donors (Lipinski definition) is 1. The lowest BCUT2D eigenvalue weighted by molar-refractivity contribution is 0.417. The standard InChI is InChI=1S/C17H23N3/c1-3-12-18-16(15-9-13-20(2)19-15)17(10-11-17)14-7-5-4-6-8-14/h4-9,13,16,18H,3,10-12H2,1-2H3. The number of benzene rings is 1. The third kappa shape index (κ3) is 2.38. The molecule has 2 aromatic rings. The minimum absolute atomic E-state index is 0.241. The van der Waals surface area contributed by atoms with Crippen molar-refractivity contribution in [3.05, 3.63) is 53.9 Å². The van der Waals surface area contributed by atoms with Gasteiger partial charge < -0.3 is 5.32 Å². The van der Waals surface area contributed by atoms with Crippen LogP contribution < -0.4 is 5.32 Å². The molecule has 1 atom stereocenters. The van der Waals surface area contributed by atoms with E-state index >= 15 is 0 Å². The summed E-state index contributed by atoms with van der Waals surface area (Å²) < 4.78 is 1.90. The van der Waals surface area contributed by atoms with E-state index in [1.165, 1.54) is 24.1 Å². The fraction of sp³-hybridized carbons (Fsp3) is 0.471. The zero-order chi connectivity index (χ0) is 14.0. The van der Waals surface area contributed by atoms with E-state index < -0.39 is 0 Å². The van der Waals surface area contributed by atoms with Gasteiger partial charge in [-0.1, -0.05) is 37.3 Å². The van der Waals surface area contributed by atoms with Crippen LogP contribution in [-0.4, -0.2) is 16.3 Å². The highest BCUT2D eigenvalue weighted by atomic mass is 15.3. The average molecular weight is 269 g/mol. The first kappa shape index (κ1) is 13.4. The summed E-state index contributed by atoms with van der Waals surface area (Å²) in [6.07, 6.45) is 5.68. The van der Waals surface area contributed by atoms with Gasteiger partial charge in [-0.25, -0.2) is 0 Å². The van der Waals surface area contributed by atoms with E-state index in [-0.39, 0.29) is 5.41 Å². The van der Waals surface area contributed by atoms with E-state index in [1.54, 1.807) is 0 Å². The first-order valence-corrected chi connectivity index (χ1v) is 7.55. The second kappa shape index (κ2) is 5.41. The van der Waals surface area contributed by atoms with Gasteiger partial charge >= 0.3 is 0 Å². The summed E-state index contributed by atoms with van der Waals surface area (Å²) in [6.45, 7) is 3.25. The molecule has 1 aliphatic rings. The van der Waals surface area contributed by atoms with Crippen molar-refractivity contribution in [3.8, 4) is 0 Å². The quantitative estimate of drug-likeness (QED) is 0.873. The van der Waals surface area contributed by atoms with Crippen molar-refractivity contribution in [2.45, 2.75) is 37.6 Å². The Morgan fingerprint density at radius 3 is 2.55 bits per heavy atom. The van der Waals surface area contributed by atoms with Crippen LogP contribution in [0.1, 0.15) is 43.5 Å². The molecular weight excluding hydrogens is 246 g/mol. The third-order valence-electron chi connectivity index (χ3n) is 4.32. The smallest absolute Gasteiger partial charge is 0.0802 e. The molecule has 1 unspecified atom stereocenters. The SMILES string of the molecule is CCCNC(c1ccn(C)n1)C1(c2ccccc2)CC1. The van der Waals surface area contributed by atoms with Crippen molar-refractivity contribution in [1.29, 1.82) is 0 Å². The summed E-state index contributed by atoms with van der Waals surface area (Å²) in [5.41, 5.74) is 2.85. The molecule has 1 aliphatic carbocycles. The number of nitrogens with one attached hydrogen (secondary N) is 1. The van der Waals surface area contributed by atoms with E-state index in [0.29, 0.717) is 6.04 Å². The Balaban J connectivity index is 1.93. The third-order valence-corrected chi connectivity index (χ3v) is 4.32. The molecule has 1 heterocycles. The van der Waals surface area contributed by atoms with Gasteiger partial charge in [-0.15, -0.1) is 0 Å². The van der Waals surface area contributed by atoms with Gasteiger partial charge in [0.25, 0.3) is 0 Å².